The van der Waals surface area contributed by atoms with Gasteiger partial charge in [0.2, 0.25) is 0 Å². The number of rotatable bonds is 9. The van der Waals surface area contributed by atoms with Gasteiger partial charge in [-0.3, -0.25) is 13.9 Å². The van der Waals surface area contributed by atoms with Gasteiger partial charge in [-0.25, -0.2) is 8.42 Å². The summed E-state index contributed by atoms with van der Waals surface area (Å²) in [6.07, 6.45) is 1.19. The Labute approximate surface area is 224 Å². The van der Waals surface area contributed by atoms with Gasteiger partial charge in [-0.15, -0.1) is 0 Å². The van der Waals surface area contributed by atoms with Crippen molar-refractivity contribution in [1.82, 2.24) is 4.57 Å². The standard InChI is InChI=1S/C29H35N3O5S/c1-6-37-26(34)19-32-23-17-29(2,3)18-24(33)27(23)22(28(32)30-4)16-20-12-10-11-15-25(20)38(35,36)31(5)21-13-8-7-9-14-21/h7-15,30H,6,16-19H2,1-5H3. The first-order valence-corrected chi connectivity index (χ1v) is 14.2. The molecule has 202 valence electrons. The van der Waals surface area contributed by atoms with Crippen LogP contribution in [0, 0.1) is 5.41 Å². The number of para-hydroxylation sites is 1. The van der Waals surface area contributed by atoms with E-state index in [0.29, 0.717) is 41.0 Å². The van der Waals surface area contributed by atoms with Crippen LogP contribution in [0.3, 0.4) is 0 Å². The molecule has 0 saturated carbocycles. The number of benzene rings is 2. The van der Waals surface area contributed by atoms with Crippen molar-refractivity contribution in [2.75, 3.05) is 30.3 Å². The van der Waals surface area contributed by atoms with Crippen LogP contribution in [0.2, 0.25) is 0 Å². The van der Waals surface area contributed by atoms with Gasteiger partial charge in [-0.2, -0.15) is 0 Å². The van der Waals surface area contributed by atoms with Crippen LogP contribution in [0.1, 0.15) is 54.4 Å². The molecule has 2 aromatic carbocycles. The van der Waals surface area contributed by atoms with Gasteiger partial charge in [-0.05, 0) is 42.5 Å². The van der Waals surface area contributed by atoms with E-state index in [2.05, 4.69) is 5.32 Å². The first kappa shape index (κ1) is 27.4. The summed E-state index contributed by atoms with van der Waals surface area (Å²) in [6.45, 7) is 6.05. The van der Waals surface area contributed by atoms with Crippen LogP contribution < -0.4 is 9.62 Å². The molecule has 9 heteroatoms. The van der Waals surface area contributed by atoms with E-state index in [1.807, 2.05) is 24.5 Å². The monoisotopic (exact) mass is 537 g/mol. The summed E-state index contributed by atoms with van der Waals surface area (Å²) in [5.74, 6) is 0.224. The summed E-state index contributed by atoms with van der Waals surface area (Å²) in [5, 5.41) is 3.19. The van der Waals surface area contributed by atoms with Gasteiger partial charge in [0, 0.05) is 43.8 Å². The molecule has 0 unspecified atom stereocenters. The lowest BCUT2D eigenvalue weighted by atomic mass is 9.75. The lowest BCUT2D eigenvalue weighted by Gasteiger charge is -2.30. The maximum atomic E-state index is 13.7. The molecule has 1 aliphatic carbocycles. The number of aromatic nitrogens is 1. The summed E-state index contributed by atoms with van der Waals surface area (Å²) in [6, 6.07) is 15.8. The maximum Gasteiger partial charge on any atom is 0.326 e. The van der Waals surface area contributed by atoms with Crippen LogP contribution in [-0.4, -0.2) is 45.4 Å². The third-order valence-electron chi connectivity index (χ3n) is 6.96. The van der Waals surface area contributed by atoms with Gasteiger partial charge in [0.1, 0.15) is 12.4 Å². The van der Waals surface area contributed by atoms with E-state index in [-0.39, 0.29) is 35.7 Å². The molecule has 4 rings (SSSR count). The molecule has 1 aliphatic rings. The fourth-order valence-electron chi connectivity index (χ4n) is 5.26. The molecular formula is C29H35N3O5S. The number of nitrogens with one attached hydrogen (secondary N) is 1. The van der Waals surface area contributed by atoms with Crippen molar-refractivity contribution in [1.29, 1.82) is 0 Å². The van der Waals surface area contributed by atoms with Crippen molar-refractivity contribution in [2.24, 2.45) is 5.41 Å². The van der Waals surface area contributed by atoms with Crippen LogP contribution in [0.5, 0.6) is 0 Å². The third-order valence-corrected chi connectivity index (χ3v) is 8.85. The highest BCUT2D eigenvalue weighted by Gasteiger charge is 2.38. The predicted octanol–water partition coefficient (Wildman–Crippen LogP) is 4.66. The van der Waals surface area contributed by atoms with Gasteiger partial charge in [0.25, 0.3) is 10.0 Å². The van der Waals surface area contributed by atoms with E-state index in [1.165, 1.54) is 11.4 Å². The number of esters is 1. The number of Topliss-reactive ketones (excluding diaryl/α,β-unsaturated/α-hetero) is 1. The fourth-order valence-corrected chi connectivity index (χ4v) is 6.68. The Bertz CT molecular complexity index is 1460. The van der Waals surface area contributed by atoms with Gasteiger partial charge < -0.3 is 14.6 Å². The number of nitrogens with zero attached hydrogens (tertiary/aromatic N) is 2. The molecule has 0 bridgehead atoms. The topological polar surface area (TPSA) is 97.7 Å². The van der Waals surface area contributed by atoms with Crippen molar-refractivity contribution >= 4 is 33.3 Å². The van der Waals surface area contributed by atoms with Gasteiger partial charge in [0.15, 0.2) is 5.78 Å². The van der Waals surface area contributed by atoms with Crippen LogP contribution >= 0.6 is 0 Å². The number of fused-ring (bicyclic) bond motifs is 1. The molecule has 0 atom stereocenters. The predicted molar refractivity (Wildman–Crippen MR) is 148 cm³/mol. The molecule has 1 heterocycles. The van der Waals surface area contributed by atoms with Crippen LogP contribution in [-0.2, 0) is 38.9 Å². The number of carbonyl (C=O) groups is 2. The quantitative estimate of drug-likeness (QED) is 0.399. The second kappa shape index (κ2) is 10.6. The molecule has 1 aromatic heterocycles. The van der Waals surface area contributed by atoms with E-state index in [4.69, 9.17) is 4.74 Å². The minimum Gasteiger partial charge on any atom is -0.465 e. The summed E-state index contributed by atoms with van der Waals surface area (Å²) in [4.78, 5) is 26.2. The zero-order valence-corrected chi connectivity index (χ0v) is 23.4. The molecule has 0 spiro atoms. The maximum absolute atomic E-state index is 13.7. The van der Waals surface area contributed by atoms with E-state index in [0.717, 1.165) is 5.69 Å². The molecule has 0 aliphatic heterocycles. The molecule has 3 aromatic rings. The summed E-state index contributed by atoms with van der Waals surface area (Å²) < 4.78 is 35.8. The molecule has 0 saturated heterocycles. The number of hydrogen-bond acceptors (Lipinski definition) is 6. The number of anilines is 2. The van der Waals surface area contributed by atoms with Crippen molar-refractivity contribution in [3.63, 3.8) is 0 Å². The summed E-state index contributed by atoms with van der Waals surface area (Å²) in [7, 11) is -0.613. The Balaban J connectivity index is 1.84. The number of carbonyl (C=O) groups excluding carboxylic acids is 2. The van der Waals surface area contributed by atoms with E-state index in [1.54, 1.807) is 62.5 Å². The van der Waals surface area contributed by atoms with Crippen molar-refractivity contribution < 1.29 is 22.7 Å². The smallest absolute Gasteiger partial charge is 0.326 e. The Morgan fingerprint density at radius 3 is 2.39 bits per heavy atom. The lowest BCUT2D eigenvalue weighted by Crippen LogP contribution is -2.29. The fraction of sp³-hybridized carbons (Fsp3) is 0.379. The molecule has 0 radical (unpaired) electrons. The SMILES string of the molecule is CCOC(=O)Cn1c2c(c(Cc3ccccc3S(=O)(=O)N(C)c3ccccc3)c1NC)C(=O)CC(C)(C)C2. The normalized spacial score (nSPS) is 14.6. The average molecular weight is 538 g/mol. The highest BCUT2D eigenvalue weighted by molar-refractivity contribution is 7.92. The largest absolute Gasteiger partial charge is 0.465 e. The lowest BCUT2D eigenvalue weighted by molar-refractivity contribution is -0.143. The third kappa shape index (κ3) is 5.20. The highest BCUT2D eigenvalue weighted by atomic mass is 32.2. The molecule has 0 amide bonds. The first-order chi connectivity index (χ1) is 18.0. The second-order valence-electron chi connectivity index (χ2n) is 10.3. The highest BCUT2D eigenvalue weighted by Crippen LogP contribution is 2.42. The Hall–Kier alpha value is -3.59. The van der Waals surface area contributed by atoms with Crippen LogP contribution in [0.4, 0.5) is 11.5 Å². The van der Waals surface area contributed by atoms with E-state index >= 15 is 0 Å². The molecular weight excluding hydrogens is 502 g/mol. The van der Waals surface area contributed by atoms with Crippen molar-refractivity contribution in [3.05, 3.63) is 77.0 Å². The zero-order chi connectivity index (χ0) is 27.7. The second-order valence-corrected chi connectivity index (χ2v) is 12.3. The molecule has 8 nitrogen and oxygen atoms in total. The Morgan fingerprint density at radius 2 is 1.74 bits per heavy atom. The van der Waals surface area contributed by atoms with Crippen LogP contribution in [0.25, 0.3) is 0 Å². The number of ether oxygens (including phenoxy) is 1. The summed E-state index contributed by atoms with van der Waals surface area (Å²) >= 11 is 0. The Kier molecular flexibility index (Phi) is 7.69. The van der Waals surface area contributed by atoms with Gasteiger partial charge in [-0.1, -0.05) is 50.2 Å². The van der Waals surface area contributed by atoms with Gasteiger partial charge in [0.05, 0.1) is 17.2 Å². The van der Waals surface area contributed by atoms with Gasteiger partial charge >= 0.3 is 5.97 Å². The Morgan fingerprint density at radius 1 is 1.08 bits per heavy atom. The van der Waals surface area contributed by atoms with Crippen molar-refractivity contribution in [2.45, 2.75) is 51.5 Å². The average Bonchev–Trinajstić information content (AvgIpc) is 3.15. The minimum atomic E-state index is -3.89. The molecule has 1 N–H and O–H groups in total. The number of sulfonamides is 1. The van der Waals surface area contributed by atoms with Crippen molar-refractivity contribution in [3.8, 4) is 0 Å². The molecule has 0 fully saturated rings. The summed E-state index contributed by atoms with van der Waals surface area (Å²) in [5.41, 5.74) is 2.89. The zero-order valence-electron chi connectivity index (χ0n) is 22.6. The number of ketones is 1. The van der Waals surface area contributed by atoms with E-state index < -0.39 is 16.0 Å². The molecule has 38 heavy (non-hydrogen) atoms. The number of hydrogen-bond donors (Lipinski definition) is 1. The van der Waals surface area contributed by atoms with Crippen LogP contribution in [0.15, 0.2) is 59.5 Å². The first-order valence-electron chi connectivity index (χ1n) is 12.7. The minimum absolute atomic E-state index is 0.00731. The van der Waals surface area contributed by atoms with E-state index in [9.17, 15) is 18.0 Å².